The molecule has 1 aromatic rings. The predicted molar refractivity (Wildman–Crippen MR) is 86.7 cm³/mol. The average Bonchev–Trinajstić information content (AvgIpc) is 2.39. The molecule has 0 spiro atoms. The van der Waals surface area contributed by atoms with Crippen LogP contribution in [0.5, 0.6) is 5.75 Å². The molecule has 0 saturated heterocycles. The normalized spacial score (nSPS) is 16.6. The van der Waals surface area contributed by atoms with Crippen molar-refractivity contribution in [3.05, 3.63) is 26.6 Å². The number of ether oxygens (including phenoxy) is 1. The first-order chi connectivity index (χ1) is 9.20. The zero-order valence-corrected chi connectivity index (χ0v) is 14.5. The molecule has 0 bridgehead atoms. The molecule has 0 heterocycles. The van der Waals surface area contributed by atoms with Crippen LogP contribution >= 0.6 is 31.9 Å². The molecule has 2 rings (SSSR count). The quantitative estimate of drug-likeness (QED) is 0.772. The Kier molecular flexibility index (Phi) is 6.17. The van der Waals surface area contributed by atoms with Crippen LogP contribution in [0, 0.1) is 5.92 Å². The molecule has 1 fully saturated rings. The summed E-state index contributed by atoms with van der Waals surface area (Å²) < 4.78 is 8.09. The Morgan fingerprint density at radius 1 is 1.16 bits per heavy atom. The minimum Gasteiger partial charge on any atom is -0.491 e. The highest BCUT2D eigenvalue weighted by atomic mass is 79.9. The molecule has 106 valence electrons. The van der Waals surface area contributed by atoms with Crippen molar-refractivity contribution < 1.29 is 4.74 Å². The molecule has 1 aromatic carbocycles. The molecule has 1 saturated carbocycles. The fourth-order valence-corrected chi connectivity index (χ4v) is 4.12. The highest BCUT2D eigenvalue weighted by Gasteiger charge is 2.16. The lowest BCUT2D eigenvalue weighted by molar-refractivity contribution is 0.207. The molecule has 19 heavy (non-hydrogen) atoms. The summed E-state index contributed by atoms with van der Waals surface area (Å²) in [7, 11) is 1.95. The van der Waals surface area contributed by atoms with Gasteiger partial charge in [0.05, 0.1) is 15.6 Å². The molecule has 0 radical (unpaired) electrons. The lowest BCUT2D eigenvalue weighted by Crippen LogP contribution is -2.15. The van der Waals surface area contributed by atoms with Crippen LogP contribution in [0.1, 0.15) is 37.7 Å². The number of hydrogen-bond acceptors (Lipinski definition) is 2. The van der Waals surface area contributed by atoms with E-state index in [1.807, 2.05) is 7.05 Å². The molecule has 0 atom stereocenters. The number of rotatable bonds is 5. The van der Waals surface area contributed by atoms with Crippen LogP contribution in [0.2, 0.25) is 0 Å². The van der Waals surface area contributed by atoms with Gasteiger partial charge in [0.1, 0.15) is 5.75 Å². The minimum absolute atomic E-state index is 0.726. The van der Waals surface area contributed by atoms with Gasteiger partial charge in [0.2, 0.25) is 0 Å². The van der Waals surface area contributed by atoms with Gasteiger partial charge in [-0.15, -0.1) is 0 Å². The second kappa shape index (κ2) is 7.65. The van der Waals surface area contributed by atoms with Crippen molar-refractivity contribution in [2.75, 3.05) is 13.7 Å². The van der Waals surface area contributed by atoms with Gasteiger partial charge in [-0.1, -0.05) is 19.3 Å². The second-order valence-corrected chi connectivity index (χ2v) is 6.94. The fraction of sp³-hybridized carbons (Fsp3) is 0.600. The zero-order valence-electron chi connectivity index (χ0n) is 11.3. The van der Waals surface area contributed by atoms with E-state index in [-0.39, 0.29) is 0 Å². The van der Waals surface area contributed by atoms with E-state index in [0.29, 0.717) is 0 Å². The van der Waals surface area contributed by atoms with Gasteiger partial charge in [-0.2, -0.15) is 0 Å². The summed E-state index contributed by atoms with van der Waals surface area (Å²) >= 11 is 7.22. The van der Waals surface area contributed by atoms with Crippen LogP contribution in [0.3, 0.4) is 0 Å². The average molecular weight is 391 g/mol. The topological polar surface area (TPSA) is 21.3 Å². The van der Waals surface area contributed by atoms with Crippen molar-refractivity contribution in [1.29, 1.82) is 0 Å². The third-order valence-electron chi connectivity index (χ3n) is 3.63. The van der Waals surface area contributed by atoms with E-state index in [1.54, 1.807) is 0 Å². The van der Waals surface area contributed by atoms with E-state index < -0.39 is 0 Å². The molecular weight excluding hydrogens is 370 g/mol. The van der Waals surface area contributed by atoms with Crippen molar-refractivity contribution in [2.24, 2.45) is 5.92 Å². The van der Waals surface area contributed by atoms with Gasteiger partial charge in [0.25, 0.3) is 0 Å². The van der Waals surface area contributed by atoms with Gasteiger partial charge in [-0.3, -0.25) is 0 Å². The Morgan fingerprint density at radius 3 is 2.37 bits per heavy atom. The summed E-state index contributed by atoms with van der Waals surface area (Å²) in [5.74, 6) is 1.66. The molecule has 0 aliphatic heterocycles. The Balaban J connectivity index is 1.99. The maximum atomic E-state index is 6.03. The van der Waals surface area contributed by atoms with Crippen molar-refractivity contribution in [3.63, 3.8) is 0 Å². The van der Waals surface area contributed by atoms with Crippen LogP contribution in [-0.2, 0) is 6.54 Å². The smallest absolute Gasteiger partial charge is 0.147 e. The van der Waals surface area contributed by atoms with Gasteiger partial charge in [0, 0.05) is 6.54 Å². The lowest BCUT2D eigenvalue weighted by atomic mass is 9.90. The molecule has 4 heteroatoms. The molecular formula is C15H21Br2NO. The Hall–Kier alpha value is -0.0600. The summed E-state index contributed by atoms with van der Waals surface area (Å²) in [6.45, 7) is 1.70. The summed E-state index contributed by atoms with van der Waals surface area (Å²) in [5.41, 5.74) is 1.24. The maximum absolute atomic E-state index is 6.03. The van der Waals surface area contributed by atoms with E-state index in [4.69, 9.17) is 4.74 Å². The molecule has 2 nitrogen and oxygen atoms in total. The zero-order chi connectivity index (χ0) is 13.7. The summed E-state index contributed by atoms with van der Waals surface area (Å²) in [4.78, 5) is 0. The standard InChI is InChI=1S/C15H21Br2NO/c1-18-9-12-7-13(16)15(14(17)8-12)19-10-11-5-3-2-4-6-11/h7-8,11,18H,2-6,9-10H2,1H3. The third-order valence-corrected chi connectivity index (χ3v) is 4.81. The van der Waals surface area contributed by atoms with Gasteiger partial charge in [0.15, 0.2) is 0 Å². The number of hydrogen-bond donors (Lipinski definition) is 1. The minimum atomic E-state index is 0.726. The summed E-state index contributed by atoms with van der Waals surface area (Å²) in [6.07, 6.45) is 6.73. The maximum Gasteiger partial charge on any atom is 0.147 e. The van der Waals surface area contributed by atoms with Crippen molar-refractivity contribution >= 4 is 31.9 Å². The third kappa shape index (κ3) is 4.47. The van der Waals surface area contributed by atoms with Crippen molar-refractivity contribution in [3.8, 4) is 5.75 Å². The molecule has 0 unspecified atom stereocenters. The first-order valence-corrected chi connectivity index (χ1v) is 8.54. The van der Waals surface area contributed by atoms with Gasteiger partial charge in [-0.05, 0) is 75.4 Å². The monoisotopic (exact) mass is 389 g/mol. The number of halogens is 2. The van der Waals surface area contributed by atoms with Crippen LogP contribution in [0.25, 0.3) is 0 Å². The first-order valence-electron chi connectivity index (χ1n) is 6.96. The van der Waals surface area contributed by atoms with Crippen LogP contribution in [0.4, 0.5) is 0 Å². The highest BCUT2D eigenvalue weighted by Crippen LogP contribution is 2.36. The van der Waals surface area contributed by atoms with Crippen molar-refractivity contribution in [1.82, 2.24) is 5.32 Å². The van der Waals surface area contributed by atoms with Gasteiger partial charge < -0.3 is 10.1 Å². The van der Waals surface area contributed by atoms with E-state index in [9.17, 15) is 0 Å². The number of benzene rings is 1. The van der Waals surface area contributed by atoms with Gasteiger partial charge in [-0.25, -0.2) is 0 Å². The van der Waals surface area contributed by atoms with Gasteiger partial charge >= 0.3 is 0 Å². The largest absolute Gasteiger partial charge is 0.491 e. The Labute approximate surface area is 132 Å². The van der Waals surface area contributed by atoms with E-state index in [0.717, 1.165) is 33.8 Å². The van der Waals surface area contributed by atoms with E-state index >= 15 is 0 Å². The molecule has 1 aliphatic carbocycles. The first kappa shape index (κ1) is 15.3. The van der Waals surface area contributed by atoms with Crippen LogP contribution in [0.15, 0.2) is 21.1 Å². The molecule has 0 amide bonds. The van der Waals surface area contributed by atoms with Crippen LogP contribution < -0.4 is 10.1 Å². The van der Waals surface area contributed by atoms with E-state index in [2.05, 4.69) is 49.3 Å². The molecule has 0 aromatic heterocycles. The molecule has 1 aliphatic rings. The second-order valence-electron chi connectivity index (χ2n) is 5.23. The Morgan fingerprint density at radius 2 is 1.79 bits per heavy atom. The molecule has 1 N–H and O–H groups in total. The predicted octanol–water partition coefficient (Wildman–Crippen LogP) is 4.89. The summed E-state index contributed by atoms with van der Waals surface area (Å²) in [6, 6.07) is 4.24. The highest BCUT2D eigenvalue weighted by molar-refractivity contribution is 9.11. The number of nitrogens with one attached hydrogen (secondary N) is 1. The van der Waals surface area contributed by atoms with Crippen LogP contribution in [-0.4, -0.2) is 13.7 Å². The fourth-order valence-electron chi connectivity index (χ4n) is 2.61. The Bertz CT molecular complexity index is 394. The lowest BCUT2D eigenvalue weighted by Gasteiger charge is -2.22. The van der Waals surface area contributed by atoms with Crippen molar-refractivity contribution in [2.45, 2.75) is 38.6 Å². The summed E-state index contributed by atoms with van der Waals surface area (Å²) in [5, 5.41) is 3.16. The SMILES string of the molecule is CNCc1cc(Br)c(OCC2CCCCC2)c(Br)c1. The van der Waals surface area contributed by atoms with E-state index in [1.165, 1.54) is 37.7 Å².